The summed E-state index contributed by atoms with van der Waals surface area (Å²) in [7, 11) is 1.44. The molecule has 4 amide bonds. The van der Waals surface area contributed by atoms with Gasteiger partial charge in [-0.1, -0.05) is 23.7 Å². The molecular formula is C23H18ClF3N4O4. The van der Waals surface area contributed by atoms with Crippen LogP contribution in [0.2, 0.25) is 5.02 Å². The maximum Gasteiger partial charge on any atom is 0.416 e. The Kier molecular flexibility index (Phi) is 7.20. The van der Waals surface area contributed by atoms with Crippen LogP contribution in [-0.2, 0) is 6.18 Å². The number of hydrogen-bond donors (Lipinski definition) is 4. The highest BCUT2D eigenvalue weighted by Gasteiger charge is 2.31. The lowest BCUT2D eigenvalue weighted by atomic mass is 9.99. The highest BCUT2D eigenvalue weighted by atomic mass is 35.5. The topological polar surface area (TPSA) is 125 Å². The van der Waals surface area contributed by atoms with Crippen LogP contribution in [0.15, 0.2) is 60.7 Å². The molecule has 0 radical (unpaired) electrons. The fraction of sp³-hybridized carbons (Fsp3) is 0.0870. The predicted molar refractivity (Wildman–Crippen MR) is 125 cm³/mol. The number of carbonyl (C=O) groups excluding carboxylic acids is 2. The van der Waals surface area contributed by atoms with E-state index in [0.29, 0.717) is 0 Å². The number of carbonyl (C=O) groups is 3. The third kappa shape index (κ3) is 5.46. The maximum atomic E-state index is 13.1. The lowest BCUT2D eigenvalue weighted by Gasteiger charge is -2.25. The molecule has 0 saturated heterocycles. The van der Waals surface area contributed by atoms with Gasteiger partial charge in [0.15, 0.2) is 0 Å². The molecule has 0 aromatic heterocycles. The van der Waals surface area contributed by atoms with Crippen molar-refractivity contribution in [3.8, 4) is 11.1 Å². The van der Waals surface area contributed by atoms with Gasteiger partial charge in [-0.15, -0.1) is 0 Å². The lowest BCUT2D eigenvalue weighted by Crippen LogP contribution is -2.25. The van der Waals surface area contributed by atoms with Crippen molar-refractivity contribution in [1.82, 2.24) is 5.32 Å². The molecule has 0 aliphatic heterocycles. The van der Waals surface area contributed by atoms with Gasteiger partial charge in [0.25, 0.3) is 5.91 Å². The van der Waals surface area contributed by atoms with Crippen molar-refractivity contribution in [2.24, 2.45) is 5.73 Å². The molecule has 182 valence electrons. The Bertz CT molecular complexity index is 1280. The number of halogens is 4. The standard InChI is InChI=1S/C23H18ClF3N4O4/c1-29-20(32)13-4-8-15(9-5-13)31(22(34)35)17-11-10-16(30-21(28)33)19(24)18(17)12-2-6-14(7-3-12)23(25,26)27/h2-11H,1H3,(H,29,32)(H,34,35)(H3,28,30,33). The number of carboxylic acid groups (broad SMARTS) is 1. The van der Waals surface area contributed by atoms with Gasteiger partial charge in [-0.25, -0.2) is 14.5 Å². The van der Waals surface area contributed by atoms with Gasteiger partial charge in [-0.3, -0.25) is 4.79 Å². The first kappa shape index (κ1) is 25.4. The molecule has 0 unspecified atom stereocenters. The monoisotopic (exact) mass is 506 g/mol. The van der Waals surface area contributed by atoms with Crippen molar-refractivity contribution in [2.75, 3.05) is 17.3 Å². The van der Waals surface area contributed by atoms with Crippen LogP contribution in [0, 0.1) is 0 Å². The molecule has 0 aliphatic rings. The number of primary amides is 1. The zero-order valence-corrected chi connectivity index (χ0v) is 18.7. The quantitative estimate of drug-likeness (QED) is 0.354. The van der Waals surface area contributed by atoms with Crippen molar-refractivity contribution in [2.45, 2.75) is 6.18 Å². The summed E-state index contributed by atoms with van der Waals surface area (Å²) in [6, 6.07) is 11.2. The third-order valence-electron chi connectivity index (χ3n) is 4.93. The highest BCUT2D eigenvalue weighted by Crippen LogP contribution is 2.44. The Morgan fingerprint density at radius 1 is 0.971 bits per heavy atom. The lowest BCUT2D eigenvalue weighted by molar-refractivity contribution is -0.137. The summed E-state index contributed by atoms with van der Waals surface area (Å²) in [5.74, 6) is -0.381. The molecule has 8 nitrogen and oxygen atoms in total. The second-order valence-corrected chi connectivity index (χ2v) is 7.51. The molecule has 0 spiro atoms. The zero-order valence-electron chi connectivity index (χ0n) is 18.0. The molecule has 35 heavy (non-hydrogen) atoms. The van der Waals surface area contributed by atoms with Gasteiger partial charge in [-0.05, 0) is 54.1 Å². The molecule has 0 heterocycles. The second-order valence-electron chi connectivity index (χ2n) is 7.13. The number of nitrogens with two attached hydrogens (primary N) is 1. The van der Waals surface area contributed by atoms with Crippen LogP contribution in [0.1, 0.15) is 15.9 Å². The minimum atomic E-state index is -4.58. The van der Waals surface area contributed by atoms with Crippen LogP contribution in [0.5, 0.6) is 0 Å². The first-order valence-corrected chi connectivity index (χ1v) is 10.2. The number of anilines is 3. The Morgan fingerprint density at radius 2 is 1.57 bits per heavy atom. The van der Waals surface area contributed by atoms with Gasteiger partial charge >= 0.3 is 18.3 Å². The van der Waals surface area contributed by atoms with E-state index in [1.807, 2.05) is 0 Å². The minimum absolute atomic E-state index is 0.00929. The molecule has 3 rings (SSSR count). The van der Waals surface area contributed by atoms with E-state index in [-0.39, 0.29) is 44.7 Å². The average molecular weight is 507 g/mol. The van der Waals surface area contributed by atoms with Gasteiger partial charge in [0.2, 0.25) is 0 Å². The van der Waals surface area contributed by atoms with Crippen LogP contribution in [0.4, 0.5) is 39.8 Å². The number of alkyl halides is 3. The van der Waals surface area contributed by atoms with Crippen molar-refractivity contribution >= 4 is 46.7 Å². The zero-order chi connectivity index (χ0) is 25.9. The van der Waals surface area contributed by atoms with Crippen LogP contribution in [0.25, 0.3) is 11.1 Å². The Morgan fingerprint density at radius 3 is 2.06 bits per heavy atom. The molecule has 0 aliphatic carbocycles. The smallest absolute Gasteiger partial charge is 0.416 e. The van der Waals surface area contributed by atoms with Crippen LogP contribution < -0.4 is 21.3 Å². The molecule has 3 aromatic carbocycles. The number of benzene rings is 3. The van der Waals surface area contributed by atoms with E-state index >= 15 is 0 Å². The summed E-state index contributed by atoms with van der Waals surface area (Å²) in [4.78, 5) is 36.3. The number of nitrogens with zero attached hydrogens (tertiary/aromatic N) is 1. The summed E-state index contributed by atoms with van der Waals surface area (Å²) in [5.41, 5.74) is 4.87. The summed E-state index contributed by atoms with van der Waals surface area (Å²) in [6.07, 6.45) is -6.02. The van der Waals surface area contributed by atoms with Crippen LogP contribution in [-0.4, -0.2) is 30.2 Å². The molecule has 0 saturated carbocycles. The average Bonchev–Trinajstić information content (AvgIpc) is 2.80. The van der Waals surface area contributed by atoms with E-state index in [1.165, 1.54) is 43.4 Å². The number of nitrogens with one attached hydrogen (secondary N) is 2. The fourth-order valence-electron chi connectivity index (χ4n) is 3.34. The van der Waals surface area contributed by atoms with Crippen molar-refractivity contribution < 1.29 is 32.7 Å². The SMILES string of the molecule is CNC(=O)c1ccc(N(C(=O)O)c2ccc(NC(N)=O)c(Cl)c2-c2ccc(C(F)(F)F)cc2)cc1. The second kappa shape index (κ2) is 9.94. The summed E-state index contributed by atoms with van der Waals surface area (Å²) >= 11 is 6.48. The van der Waals surface area contributed by atoms with Gasteiger partial charge in [-0.2, -0.15) is 13.2 Å². The van der Waals surface area contributed by atoms with Crippen molar-refractivity contribution in [3.05, 3.63) is 76.8 Å². The van der Waals surface area contributed by atoms with Gasteiger partial charge in [0.1, 0.15) is 0 Å². The normalized spacial score (nSPS) is 11.0. The first-order chi connectivity index (χ1) is 16.4. The van der Waals surface area contributed by atoms with E-state index in [2.05, 4.69) is 10.6 Å². The summed E-state index contributed by atoms with van der Waals surface area (Å²) in [5, 5.41) is 14.6. The largest absolute Gasteiger partial charge is 0.464 e. The van der Waals surface area contributed by atoms with Gasteiger partial charge in [0.05, 0.1) is 27.6 Å². The molecular weight excluding hydrogens is 489 g/mol. The van der Waals surface area contributed by atoms with Gasteiger partial charge < -0.3 is 21.5 Å². The molecule has 0 bridgehead atoms. The third-order valence-corrected chi connectivity index (χ3v) is 5.32. The number of urea groups is 1. The Balaban J connectivity index is 2.22. The van der Waals surface area contributed by atoms with Crippen LogP contribution in [0.3, 0.4) is 0 Å². The predicted octanol–water partition coefficient (Wildman–Crippen LogP) is 5.69. The summed E-state index contributed by atoms with van der Waals surface area (Å²) < 4.78 is 39.2. The Labute approximate surface area is 202 Å². The van der Waals surface area contributed by atoms with E-state index in [4.69, 9.17) is 17.3 Å². The number of rotatable bonds is 5. The first-order valence-electron chi connectivity index (χ1n) is 9.85. The van der Waals surface area contributed by atoms with Crippen molar-refractivity contribution in [3.63, 3.8) is 0 Å². The van der Waals surface area contributed by atoms with E-state index in [0.717, 1.165) is 29.2 Å². The van der Waals surface area contributed by atoms with E-state index < -0.39 is 23.9 Å². The van der Waals surface area contributed by atoms with E-state index in [1.54, 1.807) is 0 Å². The molecule has 5 N–H and O–H groups in total. The van der Waals surface area contributed by atoms with Crippen molar-refractivity contribution in [1.29, 1.82) is 0 Å². The molecule has 12 heteroatoms. The van der Waals surface area contributed by atoms with Gasteiger partial charge in [0, 0.05) is 18.2 Å². The molecule has 3 aromatic rings. The highest BCUT2D eigenvalue weighted by molar-refractivity contribution is 6.37. The van der Waals surface area contributed by atoms with Crippen LogP contribution >= 0.6 is 11.6 Å². The molecule has 0 atom stereocenters. The maximum absolute atomic E-state index is 13.1. The fourth-order valence-corrected chi connectivity index (χ4v) is 3.66. The Hall–Kier alpha value is -4.25. The summed E-state index contributed by atoms with van der Waals surface area (Å²) in [6.45, 7) is 0. The minimum Gasteiger partial charge on any atom is -0.464 e. The molecule has 0 fully saturated rings. The van der Waals surface area contributed by atoms with E-state index in [9.17, 15) is 32.7 Å². The number of hydrogen-bond acceptors (Lipinski definition) is 3. The number of amides is 4.